The van der Waals surface area contributed by atoms with Gasteiger partial charge in [-0.15, -0.1) is 0 Å². The Bertz CT molecular complexity index is 781. The summed E-state index contributed by atoms with van der Waals surface area (Å²) in [5.74, 6) is -1.42. The van der Waals surface area contributed by atoms with Gasteiger partial charge in [-0.1, -0.05) is 0 Å². The first-order valence-electron chi connectivity index (χ1n) is 6.17. The van der Waals surface area contributed by atoms with Crippen LogP contribution >= 0.6 is 0 Å². The smallest absolute Gasteiger partial charge is 0.261 e. The van der Waals surface area contributed by atoms with Gasteiger partial charge in [0.25, 0.3) is 5.56 Å². The highest BCUT2D eigenvalue weighted by Crippen LogP contribution is 2.21. The zero-order valence-corrected chi connectivity index (χ0v) is 10.5. The Balaban J connectivity index is 2.13. The van der Waals surface area contributed by atoms with E-state index < -0.39 is 11.8 Å². The molecule has 0 radical (unpaired) electrons. The Hall–Kier alpha value is -2.70. The number of hydrogen-bond donors (Lipinski definition) is 2. The number of nitrogens with one attached hydrogen (secondary N) is 1. The maximum Gasteiger partial charge on any atom is 0.261 e. The van der Waals surface area contributed by atoms with Crippen LogP contribution in [0, 0.1) is 0 Å². The minimum atomic E-state index is -0.647. The van der Waals surface area contributed by atoms with Crippen LogP contribution in [-0.4, -0.2) is 21.2 Å². The summed E-state index contributed by atoms with van der Waals surface area (Å²) in [7, 11) is 0. The molecule has 3 heterocycles. The van der Waals surface area contributed by atoms with Crippen molar-refractivity contribution < 1.29 is 9.59 Å². The Morgan fingerprint density at radius 3 is 2.85 bits per heavy atom. The fraction of sp³-hybridized carbons (Fsp3) is 0.231. The van der Waals surface area contributed by atoms with Crippen LogP contribution < -0.4 is 16.6 Å². The number of carbonyl (C=O) groups is 2. The summed E-state index contributed by atoms with van der Waals surface area (Å²) in [6, 6.07) is 3.28. The first-order valence-corrected chi connectivity index (χ1v) is 6.17. The number of fused-ring (bicyclic) bond motifs is 1. The maximum atomic E-state index is 12.4. The van der Waals surface area contributed by atoms with Gasteiger partial charge in [-0.3, -0.25) is 24.1 Å². The van der Waals surface area contributed by atoms with Gasteiger partial charge in [0.1, 0.15) is 5.65 Å². The Labute approximate surface area is 113 Å². The summed E-state index contributed by atoms with van der Waals surface area (Å²) in [6.07, 6.45) is 3.40. The second kappa shape index (κ2) is 4.44. The number of nitrogens with two attached hydrogens (primary N) is 1. The van der Waals surface area contributed by atoms with E-state index in [1.165, 1.54) is 16.8 Å². The molecule has 20 heavy (non-hydrogen) atoms. The molecule has 2 aromatic rings. The Morgan fingerprint density at radius 1 is 1.30 bits per heavy atom. The highest BCUT2D eigenvalue weighted by molar-refractivity contribution is 6.00. The average molecular weight is 272 g/mol. The average Bonchev–Trinajstić information content (AvgIpc) is 2.41. The van der Waals surface area contributed by atoms with Crippen molar-refractivity contribution in [3.63, 3.8) is 0 Å². The predicted molar refractivity (Wildman–Crippen MR) is 71.0 cm³/mol. The summed E-state index contributed by atoms with van der Waals surface area (Å²) in [6.45, 7) is 0. The second-order valence-electron chi connectivity index (χ2n) is 4.71. The van der Waals surface area contributed by atoms with Crippen molar-refractivity contribution in [1.29, 1.82) is 0 Å². The van der Waals surface area contributed by atoms with Crippen molar-refractivity contribution in [2.75, 3.05) is 5.73 Å². The molecule has 3 N–H and O–H groups in total. The molecule has 3 rings (SSSR count). The maximum absolute atomic E-state index is 12.4. The third-order valence-electron chi connectivity index (χ3n) is 3.37. The van der Waals surface area contributed by atoms with Crippen LogP contribution in [0.5, 0.6) is 0 Å². The Morgan fingerprint density at radius 2 is 2.10 bits per heavy atom. The van der Waals surface area contributed by atoms with Crippen molar-refractivity contribution in [3.8, 4) is 0 Å². The van der Waals surface area contributed by atoms with E-state index in [-0.39, 0.29) is 23.5 Å². The SMILES string of the molecule is Nc1ccc2ncc(C3CCC(=O)NC3=O)c(=O)n2c1. The summed E-state index contributed by atoms with van der Waals surface area (Å²) in [4.78, 5) is 39.5. The molecule has 0 aliphatic carbocycles. The fourth-order valence-electron chi connectivity index (χ4n) is 2.34. The summed E-state index contributed by atoms with van der Waals surface area (Å²) >= 11 is 0. The van der Waals surface area contributed by atoms with E-state index in [9.17, 15) is 14.4 Å². The molecule has 7 heteroatoms. The highest BCUT2D eigenvalue weighted by Gasteiger charge is 2.30. The molecule has 0 saturated carbocycles. The lowest BCUT2D eigenvalue weighted by molar-refractivity contribution is -0.134. The van der Waals surface area contributed by atoms with Crippen LogP contribution in [0.1, 0.15) is 24.3 Å². The third kappa shape index (κ3) is 1.93. The largest absolute Gasteiger partial charge is 0.398 e. The number of nitrogens with zero attached hydrogens (tertiary/aromatic N) is 2. The molecule has 1 aliphatic heterocycles. The van der Waals surface area contributed by atoms with E-state index in [0.717, 1.165) is 0 Å². The Kier molecular flexibility index (Phi) is 2.74. The van der Waals surface area contributed by atoms with Gasteiger partial charge in [-0.05, 0) is 18.6 Å². The minimum absolute atomic E-state index is 0.218. The van der Waals surface area contributed by atoms with Crippen LogP contribution in [0.4, 0.5) is 5.69 Å². The predicted octanol–water partition coefficient (Wildman–Crippen LogP) is -0.203. The molecule has 7 nitrogen and oxygen atoms in total. The molecule has 2 aromatic heterocycles. The molecule has 1 fully saturated rings. The molecule has 0 bridgehead atoms. The van der Waals surface area contributed by atoms with Crippen molar-refractivity contribution in [2.24, 2.45) is 0 Å². The van der Waals surface area contributed by atoms with Gasteiger partial charge >= 0.3 is 0 Å². The lowest BCUT2D eigenvalue weighted by atomic mass is 9.92. The van der Waals surface area contributed by atoms with Crippen molar-refractivity contribution in [1.82, 2.24) is 14.7 Å². The molecular weight excluding hydrogens is 260 g/mol. The van der Waals surface area contributed by atoms with Gasteiger partial charge < -0.3 is 5.73 Å². The molecule has 1 atom stereocenters. The van der Waals surface area contributed by atoms with Gasteiger partial charge in [-0.2, -0.15) is 0 Å². The molecule has 102 valence electrons. The van der Waals surface area contributed by atoms with Gasteiger partial charge in [0, 0.05) is 30.1 Å². The molecule has 1 aliphatic rings. The van der Waals surface area contributed by atoms with Gasteiger partial charge in [0.05, 0.1) is 5.92 Å². The lowest BCUT2D eigenvalue weighted by Gasteiger charge is -2.20. The summed E-state index contributed by atoms with van der Waals surface area (Å²) in [5, 5.41) is 2.24. The topological polar surface area (TPSA) is 107 Å². The first kappa shape index (κ1) is 12.3. The summed E-state index contributed by atoms with van der Waals surface area (Å²) < 4.78 is 1.31. The number of nitrogen functional groups attached to an aromatic ring is 1. The van der Waals surface area contributed by atoms with E-state index in [1.807, 2.05) is 0 Å². The molecule has 2 amide bonds. The summed E-state index contributed by atoms with van der Waals surface area (Å²) in [5.41, 5.74) is 6.49. The number of imide groups is 1. The number of rotatable bonds is 1. The molecule has 0 spiro atoms. The van der Waals surface area contributed by atoms with Gasteiger partial charge in [-0.25, -0.2) is 4.98 Å². The fourth-order valence-corrected chi connectivity index (χ4v) is 2.34. The molecular formula is C13H12N4O3. The normalized spacial score (nSPS) is 19.1. The van der Waals surface area contributed by atoms with E-state index in [0.29, 0.717) is 17.8 Å². The van der Waals surface area contributed by atoms with Crippen molar-refractivity contribution in [3.05, 3.63) is 40.4 Å². The number of anilines is 1. The first-order chi connectivity index (χ1) is 9.56. The van der Waals surface area contributed by atoms with Crippen LogP contribution in [0.2, 0.25) is 0 Å². The zero-order valence-electron chi connectivity index (χ0n) is 10.5. The van der Waals surface area contributed by atoms with E-state index in [2.05, 4.69) is 10.3 Å². The zero-order chi connectivity index (χ0) is 14.3. The van der Waals surface area contributed by atoms with Gasteiger partial charge in [0.2, 0.25) is 11.8 Å². The third-order valence-corrected chi connectivity index (χ3v) is 3.37. The number of piperidine rings is 1. The molecule has 0 aromatic carbocycles. The quantitative estimate of drug-likeness (QED) is 0.699. The number of pyridine rings is 1. The van der Waals surface area contributed by atoms with Crippen LogP contribution in [0.25, 0.3) is 5.65 Å². The highest BCUT2D eigenvalue weighted by atomic mass is 16.2. The number of aromatic nitrogens is 2. The number of hydrogen-bond acceptors (Lipinski definition) is 5. The van der Waals surface area contributed by atoms with E-state index in [1.54, 1.807) is 12.1 Å². The van der Waals surface area contributed by atoms with Crippen molar-refractivity contribution >= 4 is 23.1 Å². The standard InChI is InChI=1S/C13H12N4O3/c14-7-1-3-10-15-5-9(13(20)17(10)6-7)8-2-4-11(18)16-12(8)19/h1,3,5-6,8H,2,4,14H2,(H,16,18,19). The van der Waals surface area contributed by atoms with E-state index in [4.69, 9.17) is 5.73 Å². The lowest BCUT2D eigenvalue weighted by Crippen LogP contribution is -2.41. The molecule has 1 unspecified atom stereocenters. The van der Waals surface area contributed by atoms with E-state index >= 15 is 0 Å². The van der Waals surface area contributed by atoms with Crippen LogP contribution in [-0.2, 0) is 9.59 Å². The van der Waals surface area contributed by atoms with Gasteiger partial charge in [0.15, 0.2) is 0 Å². The monoisotopic (exact) mass is 272 g/mol. The number of amides is 2. The molecule has 1 saturated heterocycles. The van der Waals surface area contributed by atoms with Crippen molar-refractivity contribution in [2.45, 2.75) is 18.8 Å². The number of carbonyl (C=O) groups excluding carboxylic acids is 2. The second-order valence-corrected chi connectivity index (χ2v) is 4.71. The minimum Gasteiger partial charge on any atom is -0.398 e. The van der Waals surface area contributed by atoms with Crippen LogP contribution in [0.15, 0.2) is 29.3 Å². The van der Waals surface area contributed by atoms with Crippen LogP contribution in [0.3, 0.4) is 0 Å².